The molecule has 2 aromatic rings. The molecule has 1 atom stereocenters. The van der Waals surface area contributed by atoms with Crippen molar-refractivity contribution in [1.29, 1.82) is 0 Å². The van der Waals surface area contributed by atoms with Crippen LogP contribution in [0, 0.1) is 16.0 Å². The van der Waals surface area contributed by atoms with E-state index in [2.05, 4.69) is 29.3 Å². The number of piperidine rings is 1. The monoisotopic (exact) mass is 413 g/mol. The fourth-order valence-corrected chi connectivity index (χ4v) is 4.28. The molecule has 0 aliphatic carbocycles. The van der Waals surface area contributed by atoms with Crippen LogP contribution >= 0.6 is 11.8 Å². The molecule has 154 valence electrons. The van der Waals surface area contributed by atoms with Crippen molar-refractivity contribution in [2.75, 3.05) is 25.4 Å². The third-order valence-corrected chi connectivity index (χ3v) is 6.37. The number of carbonyl (C=O) groups excluding carboxylic acids is 1. The van der Waals surface area contributed by atoms with Gasteiger partial charge < -0.3 is 5.32 Å². The van der Waals surface area contributed by atoms with Gasteiger partial charge in [-0.2, -0.15) is 0 Å². The lowest BCUT2D eigenvalue weighted by Crippen LogP contribution is -2.42. The summed E-state index contributed by atoms with van der Waals surface area (Å²) in [7, 11) is 0. The standard InChI is InChI=1S/C22H27N3O3S/c1-17-11-13-24(14-12-17)21(18-5-3-2-4-6-18)15-23-22(26)16-29-20-9-7-19(8-10-20)25(27)28/h2-10,17,21H,11-16H2,1H3,(H,23,26). The van der Waals surface area contributed by atoms with Crippen LogP contribution in [0.15, 0.2) is 59.5 Å². The van der Waals surface area contributed by atoms with Gasteiger partial charge in [0.25, 0.3) is 5.69 Å². The van der Waals surface area contributed by atoms with Crippen LogP contribution in [0.4, 0.5) is 5.69 Å². The molecule has 0 saturated carbocycles. The normalized spacial score (nSPS) is 16.3. The van der Waals surface area contributed by atoms with Gasteiger partial charge in [-0.25, -0.2) is 0 Å². The minimum Gasteiger partial charge on any atom is -0.353 e. The first-order chi connectivity index (χ1) is 14.0. The average Bonchev–Trinajstić information content (AvgIpc) is 2.74. The predicted octanol–water partition coefficient (Wildman–Crippen LogP) is 4.28. The van der Waals surface area contributed by atoms with E-state index in [9.17, 15) is 14.9 Å². The number of carbonyl (C=O) groups is 1. The average molecular weight is 414 g/mol. The number of thioether (sulfide) groups is 1. The summed E-state index contributed by atoms with van der Waals surface area (Å²) in [5.41, 5.74) is 1.28. The van der Waals surface area contributed by atoms with Crippen LogP contribution in [-0.4, -0.2) is 41.1 Å². The van der Waals surface area contributed by atoms with E-state index in [1.165, 1.54) is 42.3 Å². The molecule has 1 aliphatic rings. The second-order valence-electron chi connectivity index (χ2n) is 7.49. The zero-order chi connectivity index (χ0) is 20.6. The lowest BCUT2D eigenvalue weighted by Gasteiger charge is -2.37. The number of non-ortho nitro benzene ring substituents is 1. The van der Waals surface area contributed by atoms with Crippen molar-refractivity contribution in [3.05, 3.63) is 70.3 Å². The Bertz CT molecular complexity index is 806. The number of nitro groups is 1. The number of amides is 1. The molecule has 7 heteroatoms. The Kier molecular flexibility index (Phi) is 7.66. The third kappa shape index (κ3) is 6.30. The van der Waals surface area contributed by atoms with Crippen LogP contribution in [0.3, 0.4) is 0 Å². The first kappa shape index (κ1) is 21.3. The molecule has 0 spiro atoms. The van der Waals surface area contributed by atoms with Crippen LogP contribution in [-0.2, 0) is 4.79 Å². The smallest absolute Gasteiger partial charge is 0.269 e. The largest absolute Gasteiger partial charge is 0.353 e. The van der Waals surface area contributed by atoms with Crippen molar-refractivity contribution in [3.8, 4) is 0 Å². The fraction of sp³-hybridized carbons (Fsp3) is 0.409. The van der Waals surface area contributed by atoms with Crippen molar-refractivity contribution in [2.45, 2.75) is 30.7 Å². The van der Waals surface area contributed by atoms with Gasteiger partial charge in [-0.05, 0) is 49.5 Å². The highest BCUT2D eigenvalue weighted by Crippen LogP contribution is 2.26. The lowest BCUT2D eigenvalue weighted by molar-refractivity contribution is -0.384. The van der Waals surface area contributed by atoms with Crippen LogP contribution in [0.2, 0.25) is 0 Å². The highest BCUT2D eigenvalue weighted by Gasteiger charge is 2.25. The lowest BCUT2D eigenvalue weighted by atomic mass is 9.95. The van der Waals surface area contributed by atoms with Gasteiger partial charge in [0.2, 0.25) is 5.91 Å². The van der Waals surface area contributed by atoms with Crippen LogP contribution in [0.5, 0.6) is 0 Å². The number of nitrogens with zero attached hydrogens (tertiary/aromatic N) is 2. The first-order valence-corrected chi connectivity index (χ1v) is 10.9. The zero-order valence-corrected chi connectivity index (χ0v) is 17.4. The Morgan fingerprint density at radius 2 is 1.83 bits per heavy atom. The SMILES string of the molecule is CC1CCN(C(CNC(=O)CSc2ccc([N+](=O)[O-])cc2)c2ccccc2)CC1. The van der Waals surface area contributed by atoms with Crippen LogP contribution < -0.4 is 5.32 Å². The molecule has 1 fully saturated rings. The molecule has 1 aliphatic heterocycles. The molecule has 2 aromatic carbocycles. The number of nitro benzene ring substituents is 1. The van der Waals surface area contributed by atoms with Crippen molar-refractivity contribution in [2.24, 2.45) is 5.92 Å². The van der Waals surface area contributed by atoms with E-state index in [0.717, 1.165) is 23.9 Å². The topological polar surface area (TPSA) is 75.5 Å². The Hall–Kier alpha value is -2.38. The van der Waals surface area contributed by atoms with Gasteiger partial charge in [-0.3, -0.25) is 19.8 Å². The molecule has 1 N–H and O–H groups in total. The van der Waals surface area contributed by atoms with Crippen LogP contribution in [0.25, 0.3) is 0 Å². The Balaban J connectivity index is 1.54. The maximum absolute atomic E-state index is 12.4. The summed E-state index contributed by atoms with van der Waals surface area (Å²) in [4.78, 5) is 26.0. The number of nitrogens with one attached hydrogen (secondary N) is 1. The summed E-state index contributed by atoms with van der Waals surface area (Å²) in [6.07, 6.45) is 2.38. The molecule has 0 radical (unpaired) electrons. The summed E-state index contributed by atoms with van der Waals surface area (Å²) >= 11 is 1.38. The third-order valence-electron chi connectivity index (χ3n) is 5.35. The van der Waals surface area contributed by atoms with Gasteiger partial charge in [-0.15, -0.1) is 11.8 Å². The zero-order valence-electron chi connectivity index (χ0n) is 16.6. The molecule has 1 saturated heterocycles. The quantitative estimate of drug-likeness (QED) is 0.397. The molecular weight excluding hydrogens is 386 g/mol. The summed E-state index contributed by atoms with van der Waals surface area (Å²) in [6.45, 7) is 4.98. The molecule has 0 aromatic heterocycles. The summed E-state index contributed by atoms with van der Waals surface area (Å²) in [6, 6.07) is 16.8. The van der Waals surface area contributed by atoms with E-state index in [0.29, 0.717) is 6.54 Å². The minimum absolute atomic E-state index is 0.0281. The van der Waals surface area contributed by atoms with Gasteiger partial charge in [0.1, 0.15) is 0 Å². The van der Waals surface area contributed by atoms with Gasteiger partial charge in [0.05, 0.1) is 16.7 Å². The number of rotatable bonds is 8. The molecule has 1 heterocycles. The van der Waals surface area contributed by atoms with Crippen LogP contribution in [0.1, 0.15) is 31.4 Å². The highest BCUT2D eigenvalue weighted by molar-refractivity contribution is 8.00. The van der Waals surface area contributed by atoms with Crippen molar-refractivity contribution in [3.63, 3.8) is 0 Å². The maximum atomic E-state index is 12.4. The van der Waals surface area contributed by atoms with Gasteiger partial charge >= 0.3 is 0 Å². The molecule has 0 bridgehead atoms. The molecule has 1 unspecified atom stereocenters. The van der Waals surface area contributed by atoms with Gasteiger partial charge in [0.15, 0.2) is 0 Å². The van der Waals surface area contributed by atoms with E-state index < -0.39 is 4.92 Å². The van der Waals surface area contributed by atoms with Crippen molar-refractivity contribution in [1.82, 2.24) is 10.2 Å². The molecular formula is C22H27N3O3S. The maximum Gasteiger partial charge on any atom is 0.269 e. The first-order valence-electron chi connectivity index (χ1n) is 9.96. The second-order valence-corrected chi connectivity index (χ2v) is 8.54. The number of benzene rings is 2. The molecule has 6 nitrogen and oxygen atoms in total. The molecule has 3 rings (SSSR count). The van der Waals surface area contributed by atoms with Gasteiger partial charge in [0, 0.05) is 23.6 Å². The predicted molar refractivity (Wildman–Crippen MR) is 116 cm³/mol. The highest BCUT2D eigenvalue weighted by atomic mass is 32.2. The summed E-state index contributed by atoms with van der Waals surface area (Å²) in [5.74, 6) is 1.02. The second kappa shape index (κ2) is 10.4. The fourth-order valence-electron chi connectivity index (χ4n) is 3.55. The Morgan fingerprint density at radius 3 is 2.45 bits per heavy atom. The number of hydrogen-bond acceptors (Lipinski definition) is 5. The van der Waals surface area contributed by atoms with E-state index in [1.807, 2.05) is 18.2 Å². The Morgan fingerprint density at radius 1 is 1.17 bits per heavy atom. The number of likely N-dealkylation sites (tertiary alicyclic amines) is 1. The summed E-state index contributed by atoms with van der Waals surface area (Å²) < 4.78 is 0. The van der Waals surface area contributed by atoms with E-state index in [-0.39, 0.29) is 23.4 Å². The van der Waals surface area contributed by atoms with Gasteiger partial charge in [-0.1, -0.05) is 37.3 Å². The van der Waals surface area contributed by atoms with E-state index in [1.54, 1.807) is 12.1 Å². The molecule has 1 amide bonds. The van der Waals surface area contributed by atoms with Crippen molar-refractivity contribution < 1.29 is 9.72 Å². The molecule has 29 heavy (non-hydrogen) atoms. The summed E-state index contributed by atoms with van der Waals surface area (Å²) in [5, 5.41) is 13.8. The Labute approximate surface area is 175 Å². The van der Waals surface area contributed by atoms with E-state index >= 15 is 0 Å². The number of hydrogen-bond donors (Lipinski definition) is 1. The van der Waals surface area contributed by atoms with Crippen molar-refractivity contribution >= 4 is 23.4 Å². The van der Waals surface area contributed by atoms with E-state index in [4.69, 9.17) is 0 Å². The minimum atomic E-state index is -0.424.